The number of thiazole rings is 1. The highest BCUT2D eigenvalue weighted by molar-refractivity contribution is 7.13. The van der Waals surface area contributed by atoms with Crippen molar-refractivity contribution in [3.8, 4) is 0 Å². The van der Waals surface area contributed by atoms with Crippen molar-refractivity contribution in [1.82, 2.24) is 14.8 Å². The summed E-state index contributed by atoms with van der Waals surface area (Å²) < 4.78 is 1.11. The van der Waals surface area contributed by atoms with E-state index < -0.39 is 5.91 Å². The first kappa shape index (κ1) is 19.4. The zero-order valence-electron chi connectivity index (χ0n) is 15.4. The lowest BCUT2D eigenvalue weighted by Crippen LogP contribution is -2.28. The predicted molar refractivity (Wildman–Crippen MR) is 108 cm³/mol. The molecule has 0 spiro atoms. The molecule has 1 aromatic carbocycles. The molecule has 2 aromatic heterocycles. The third-order valence-electron chi connectivity index (χ3n) is 3.79. The average Bonchev–Trinajstić information content (AvgIpc) is 3.05. The minimum Gasteiger partial charge on any atom is -0.321 e. The molecule has 0 aliphatic carbocycles. The Morgan fingerprint density at radius 2 is 1.96 bits per heavy atom. The van der Waals surface area contributed by atoms with Crippen molar-refractivity contribution in [2.24, 2.45) is 0 Å². The Morgan fingerprint density at radius 3 is 2.68 bits per heavy atom. The zero-order valence-corrected chi connectivity index (χ0v) is 16.2. The van der Waals surface area contributed by atoms with Crippen LogP contribution >= 0.6 is 11.3 Å². The van der Waals surface area contributed by atoms with Crippen LogP contribution in [-0.2, 0) is 11.3 Å². The summed E-state index contributed by atoms with van der Waals surface area (Å²) in [6, 6.07) is 9.99. The molecule has 0 unspecified atom stereocenters. The summed E-state index contributed by atoms with van der Waals surface area (Å²) in [5.74, 6) is -0.709. The van der Waals surface area contributed by atoms with Crippen molar-refractivity contribution >= 4 is 34.0 Å². The van der Waals surface area contributed by atoms with E-state index in [1.165, 1.54) is 23.5 Å². The number of anilines is 2. The number of amides is 2. The Kier molecular flexibility index (Phi) is 5.95. The van der Waals surface area contributed by atoms with Gasteiger partial charge in [-0.1, -0.05) is 12.1 Å². The van der Waals surface area contributed by atoms with Gasteiger partial charge in [0.05, 0.1) is 12.2 Å². The van der Waals surface area contributed by atoms with Gasteiger partial charge in [0.2, 0.25) is 5.91 Å². The van der Waals surface area contributed by atoms with Crippen LogP contribution in [0.15, 0.2) is 46.6 Å². The van der Waals surface area contributed by atoms with Crippen LogP contribution in [0.3, 0.4) is 0 Å². The van der Waals surface area contributed by atoms with Crippen molar-refractivity contribution in [3.05, 3.63) is 69.1 Å². The lowest BCUT2D eigenvalue weighted by atomic mass is 10.2. The number of aryl methyl sites for hydroxylation is 3. The van der Waals surface area contributed by atoms with Gasteiger partial charge in [0.1, 0.15) is 5.69 Å². The molecule has 0 fully saturated rings. The number of hydrogen-bond acceptors (Lipinski definition) is 6. The Balaban J connectivity index is 1.64. The third-order valence-corrected chi connectivity index (χ3v) is 4.67. The molecule has 0 bridgehead atoms. The fourth-order valence-electron chi connectivity index (χ4n) is 2.45. The van der Waals surface area contributed by atoms with Crippen LogP contribution in [0.1, 0.15) is 28.2 Å². The number of nitrogens with zero attached hydrogens (tertiary/aromatic N) is 3. The van der Waals surface area contributed by atoms with Crippen LogP contribution in [0.4, 0.5) is 10.8 Å². The Labute approximate surface area is 165 Å². The topological polar surface area (TPSA) is 106 Å². The van der Waals surface area contributed by atoms with Gasteiger partial charge in [0.25, 0.3) is 11.5 Å². The standard InChI is InChI=1S/C19H19N5O3S/c1-12-4-3-5-14(10-12)21-18(27)15-6-7-17(26)24(23-15)9-8-16(25)22-19-20-13(2)11-28-19/h3-7,10-11H,8-9H2,1-2H3,(H,21,27)(H,20,22,25). The molecule has 0 aliphatic heterocycles. The number of rotatable bonds is 6. The second-order valence-corrected chi connectivity index (χ2v) is 7.05. The molecule has 9 heteroatoms. The maximum atomic E-state index is 12.4. The molecule has 0 atom stereocenters. The quantitative estimate of drug-likeness (QED) is 0.665. The summed E-state index contributed by atoms with van der Waals surface area (Å²) in [5, 5.41) is 11.8. The SMILES string of the molecule is Cc1cccc(NC(=O)c2ccc(=O)n(CCC(=O)Nc3nc(C)cs3)n2)c1. The lowest BCUT2D eigenvalue weighted by molar-refractivity contribution is -0.116. The van der Waals surface area contributed by atoms with Gasteiger partial charge in [-0.15, -0.1) is 11.3 Å². The molecule has 0 aliphatic rings. The number of carbonyl (C=O) groups excluding carboxylic acids is 2. The zero-order chi connectivity index (χ0) is 20.1. The first-order valence-electron chi connectivity index (χ1n) is 8.59. The lowest BCUT2D eigenvalue weighted by Gasteiger charge is -2.08. The van der Waals surface area contributed by atoms with E-state index in [4.69, 9.17) is 0 Å². The highest BCUT2D eigenvalue weighted by Gasteiger charge is 2.12. The van der Waals surface area contributed by atoms with E-state index in [0.29, 0.717) is 10.8 Å². The van der Waals surface area contributed by atoms with Crippen LogP contribution in [-0.4, -0.2) is 26.6 Å². The molecule has 0 saturated carbocycles. The van der Waals surface area contributed by atoms with Crippen LogP contribution in [0, 0.1) is 13.8 Å². The fourth-order valence-corrected chi connectivity index (χ4v) is 3.15. The van der Waals surface area contributed by atoms with Crippen molar-refractivity contribution in [3.63, 3.8) is 0 Å². The molecule has 3 aromatic rings. The molecule has 3 rings (SSSR count). The molecule has 144 valence electrons. The van der Waals surface area contributed by atoms with Crippen LogP contribution in [0.25, 0.3) is 0 Å². The summed E-state index contributed by atoms with van der Waals surface area (Å²) in [7, 11) is 0. The van der Waals surface area contributed by atoms with Crippen molar-refractivity contribution in [2.75, 3.05) is 10.6 Å². The summed E-state index contributed by atoms with van der Waals surface area (Å²) in [6.07, 6.45) is 0.0362. The highest BCUT2D eigenvalue weighted by atomic mass is 32.1. The molecule has 2 heterocycles. The molecule has 2 amide bonds. The van der Waals surface area contributed by atoms with Gasteiger partial charge in [-0.2, -0.15) is 5.10 Å². The van der Waals surface area contributed by atoms with Gasteiger partial charge in [0.15, 0.2) is 5.13 Å². The molecule has 2 N–H and O–H groups in total. The fraction of sp³-hybridized carbons (Fsp3) is 0.211. The van der Waals surface area contributed by atoms with Gasteiger partial charge >= 0.3 is 0 Å². The van der Waals surface area contributed by atoms with E-state index in [9.17, 15) is 14.4 Å². The number of carbonyl (C=O) groups is 2. The Bertz CT molecular complexity index is 1070. The van der Waals surface area contributed by atoms with Gasteiger partial charge in [-0.05, 0) is 37.6 Å². The van der Waals surface area contributed by atoms with Crippen LogP contribution in [0.2, 0.25) is 0 Å². The maximum absolute atomic E-state index is 12.4. The second kappa shape index (κ2) is 8.57. The van der Waals surface area contributed by atoms with Gasteiger partial charge in [0, 0.05) is 23.6 Å². The van der Waals surface area contributed by atoms with Crippen LogP contribution in [0.5, 0.6) is 0 Å². The van der Waals surface area contributed by atoms with Gasteiger partial charge in [-0.3, -0.25) is 14.4 Å². The van der Waals surface area contributed by atoms with Crippen LogP contribution < -0.4 is 16.2 Å². The molecule has 8 nitrogen and oxygen atoms in total. The Hall–Kier alpha value is -3.33. The molecule has 0 saturated heterocycles. The van der Waals surface area contributed by atoms with Crippen molar-refractivity contribution in [1.29, 1.82) is 0 Å². The van der Waals surface area contributed by atoms with Gasteiger partial charge in [-0.25, -0.2) is 9.67 Å². The number of aromatic nitrogens is 3. The van der Waals surface area contributed by atoms with E-state index in [2.05, 4.69) is 20.7 Å². The number of benzene rings is 1. The minimum atomic E-state index is -0.429. The molecule has 0 radical (unpaired) electrons. The smallest absolute Gasteiger partial charge is 0.276 e. The first-order chi connectivity index (χ1) is 13.4. The van der Waals surface area contributed by atoms with E-state index in [0.717, 1.165) is 15.9 Å². The largest absolute Gasteiger partial charge is 0.321 e. The van der Waals surface area contributed by atoms with E-state index in [-0.39, 0.29) is 30.1 Å². The summed E-state index contributed by atoms with van der Waals surface area (Å²) in [5.41, 5.74) is 2.19. The monoisotopic (exact) mass is 397 g/mol. The van der Waals surface area contributed by atoms with E-state index >= 15 is 0 Å². The molecule has 28 heavy (non-hydrogen) atoms. The summed E-state index contributed by atoms with van der Waals surface area (Å²) in [6.45, 7) is 3.82. The first-order valence-corrected chi connectivity index (χ1v) is 9.47. The Morgan fingerprint density at radius 1 is 1.14 bits per heavy atom. The molecular formula is C19H19N5O3S. The normalized spacial score (nSPS) is 10.5. The summed E-state index contributed by atoms with van der Waals surface area (Å²) in [4.78, 5) is 40.6. The number of nitrogens with one attached hydrogen (secondary N) is 2. The summed E-state index contributed by atoms with van der Waals surface area (Å²) >= 11 is 1.33. The third kappa shape index (κ3) is 5.10. The van der Waals surface area contributed by atoms with Gasteiger partial charge < -0.3 is 10.6 Å². The van der Waals surface area contributed by atoms with Crippen molar-refractivity contribution < 1.29 is 9.59 Å². The minimum absolute atomic E-state index is 0.0362. The average molecular weight is 397 g/mol. The highest BCUT2D eigenvalue weighted by Crippen LogP contribution is 2.14. The van der Waals surface area contributed by atoms with Crippen molar-refractivity contribution in [2.45, 2.75) is 26.8 Å². The number of hydrogen-bond donors (Lipinski definition) is 2. The second-order valence-electron chi connectivity index (χ2n) is 6.20. The molecular weight excluding hydrogens is 378 g/mol. The predicted octanol–water partition coefficient (Wildman–Crippen LogP) is 2.60. The maximum Gasteiger partial charge on any atom is 0.276 e. The van der Waals surface area contributed by atoms with E-state index in [1.807, 2.05) is 37.4 Å². The van der Waals surface area contributed by atoms with E-state index in [1.54, 1.807) is 6.07 Å².